The van der Waals surface area contributed by atoms with Gasteiger partial charge in [-0.15, -0.1) is 0 Å². The number of carbonyl (C=O) groups excluding carboxylic acids is 1. The van der Waals surface area contributed by atoms with Crippen LogP contribution in [0.25, 0.3) is 11.4 Å². The summed E-state index contributed by atoms with van der Waals surface area (Å²) in [5.74, 6) is -0.768. The van der Waals surface area contributed by atoms with E-state index in [2.05, 4.69) is 31.4 Å². The molecule has 0 radical (unpaired) electrons. The summed E-state index contributed by atoms with van der Waals surface area (Å²) < 4.78 is 3.47. The van der Waals surface area contributed by atoms with Crippen molar-refractivity contribution < 1.29 is 9.90 Å². The fraction of sp³-hybridized carbons (Fsp3) is 0.0476. The van der Waals surface area contributed by atoms with E-state index in [0.717, 1.165) is 20.9 Å². The molecule has 0 bridgehead atoms. The highest BCUT2D eigenvalue weighted by atomic mass is 79.9. The molecular weight excluding hydrogens is 450 g/mol. The number of aromatic nitrogens is 4. The third-order valence-electron chi connectivity index (χ3n) is 4.27. The number of anilines is 1. The Morgan fingerprint density at radius 1 is 0.967 bits per heavy atom. The van der Waals surface area contributed by atoms with E-state index in [-0.39, 0.29) is 5.69 Å². The van der Waals surface area contributed by atoms with Crippen molar-refractivity contribution in [1.82, 2.24) is 19.6 Å². The van der Waals surface area contributed by atoms with Crippen molar-refractivity contribution in [3.05, 3.63) is 92.9 Å². The predicted octanol–water partition coefficient (Wildman–Crippen LogP) is 3.45. The van der Waals surface area contributed by atoms with Gasteiger partial charge in [0.15, 0.2) is 11.4 Å². The number of amides is 1. The van der Waals surface area contributed by atoms with Gasteiger partial charge >= 0.3 is 0 Å². The van der Waals surface area contributed by atoms with Crippen LogP contribution in [0.5, 0.6) is 5.75 Å². The van der Waals surface area contributed by atoms with Crippen molar-refractivity contribution in [2.75, 3.05) is 5.32 Å². The maximum absolute atomic E-state index is 12.9. The maximum atomic E-state index is 12.9. The molecule has 2 heterocycles. The number of aryl methyl sites for hydroxylation is 1. The van der Waals surface area contributed by atoms with E-state index in [1.54, 1.807) is 41.9 Å². The number of carbonyl (C=O) groups is 1. The molecule has 0 aliphatic rings. The van der Waals surface area contributed by atoms with Crippen molar-refractivity contribution >= 4 is 27.7 Å². The Kier molecular flexibility index (Phi) is 5.20. The van der Waals surface area contributed by atoms with E-state index < -0.39 is 17.2 Å². The highest BCUT2D eigenvalue weighted by molar-refractivity contribution is 9.10. The number of nitrogens with zero attached hydrogens (tertiary/aromatic N) is 4. The number of halogens is 1. The Hall–Kier alpha value is -3.72. The topological polar surface area (TPSA) is 102 Å². The number of rotatable bonds is 4. The van der Waals surface area contributed by atoms with Crippen molar-refractivity contribution in [2.24, 2.45) is 0 Å². The van der Waals surface area contributed by atoms with Gasteiger partial charge in [0, 0.05) is 16.6 Å². The molecule has 0 aliphatic carbocycles. The molecule has 0 fully saturated rings. The molecule has 150 valence electrons. The molecule has 2 aromatic carbocycles. The van der Waals surface area contributed by atoms with Gasteiger partial charge in [0.25, 0.3) is 11.5 Å². The number of aromatic hydroxyl groups is 1. The van der Waals surface area contributed by atoms with E-state index in [9.17, 15) is 14.7 Å². The molecule has 0 spiro atoms. The summed E-state index contributed by atoms with van der Waals surface area (Å²) in [7, 11) is 0. The summed E-state index contributed by atoms with van der Waals surface area (Å²) in [6.45, 7) is 1.80. The zero-order chi connectivity index (χ0) is 21.3. The number of nitrogens with one attached hydrogen (secondary N) is 1. The average Bonchev–Trinajstić information content (AvgIpc) is 3.09. The van der Waals surface area contributed by atoms with Gasteiger partial charge in [-0.25, -0.2) is 4.68 Å². The fourth-order valence-corrected chi connectivity index (χ4v) is 3.17. The maximum Gasteiger partial charge on any atom is 0.281 e. The summed E-state index contributed by atoms with van der Waals surface area (Å²) in [5, 5.41) is 21.4. The van der Waals surface area contributed by atoms with Crippen LogP contribution in [-0.2, 0) is 0 Å². The van der Waals surface area contributed by atoms with E-state index in [4.69, 9.17) is 0 Å². The second-order valence-corrected chi connectivity index (χ2v) is 7.39. The lowest BCUT2D eigenvalue weighted by Gasteiger charge is -2.11. The standard InChI is InChI=1S/C21H16BrN5O3/c1-13-11-18(26(24-13)15-5-3-2-4-6-15)23-21(30)20-17(28)12-19(29)27(25-20)16-9-7-14(22)8-10-16/h2-12,28H,1H3,(H,23,30). The van der Waals surface area contributed by atoms with Crippen LogP contribution < -0.4 is 10.9 Å². The molecule has 4 rings (SSSR count). The van der Waals surface area contributed by atoms with Gasteiger partial charge in [0.2, 0.25) is 0 Å². The third kappa shape index (κ3) is 3.87. The second kappa shape index (κ2) is 7.96. The zero-order valence-electron chi connectivity index (χ0n) is 15.8. The van der Waals surface area contributed by atoms with E-state index in [1.165, 1.54) is 0 Å². The average molecular weight is 466 g/mol. The smallest absolute Gasteiger partial charge is 0.281 e. The first-order valence-corrected chi connectivity index (χ1v) is 9.74. The number of benzene rings is 2. The molecule has 0 atom stereocenters. The molecule has 2 N–H and O–H groups in total. The van der Waals surface area contributed by atoms with Crippen LogP contribution in [0, 0.1) is 6.92 Å². The number of hydrogen-bond acceptors (Lipinski definition) is 5. The quantitative estimate of drug-likeness (QED) is 0.480. The van der Waals surface area contributed by atoms with Gasteiger partial charge < -0.3 is 10.4 Å². The minimum atomic E-state index is -0.671. The van der Waals surface area contributed by atoms with E-state index in [1.807, 2.05) is 30.3 Å². The second-order valence-electron chi connectivity index (χ2n) is 6.48. The zero-order valence-corrected chi connectivity index (χ0v) is 17.4. The monoisotopic (exact) mass is 465 g/mol. The van der Waals surface area contributed by atoms with Gasteiger partial charge in [-0.05, 0) is 43.3 Å². The van der Waals surface area contributed by atoms with Crippen molar-refractivity contribution in [2.45, 2.75) is 6.92 Å². The van der Waals surface area contributed by atoms with Crippen LogP contribution in [0.3, 0.4) is 0 Å². The van der Waals surface area contributed by atoms with Crippen LogP contribution in [-0.4, -0.2) is 30.6 Å². The van der Waals surface area contributed by atoms with Crippen LogP contribution in [0.2, 0.25) is 0 Å². The van der Waals surface area contributed by atoms with Crippen LogP contribution in [0.1, 0.15) is 16.2 Å². The van der Waals surface area contributed by atoms with Gasteiger partial charge in [0.1, 0.15) is 5.82 Å². The Morgan fingerprint density at radius 3 is 2.33 bits per heavy atom. The molecular formula is C21H16BrN5O3. The summed E-state index contributed by atoms with van der Waals surface area (Å²) >= 11 is 3.33. The predicted molar refractivity (Wildman–Crippen MR) is 115 cm³/mol. The van der Waals surface area contributed by atoms with Gasteiger partial charge in [0.05, 0.1) is 17.1 Å². The minimum absolute atomic E-state index is 0.281. The first-order chi connectivity index (χ1) is 14.4. The molecule has 0 unspecified atom stereocenters. The minimum Gasteiger partial charge on any atom is -0.505 e. The van der Waals surface area contributed by atoms with Crippen molar-refractivity contribution in [3.8, 4) is 17.1 Å². The molecule has 0 saturated carbocycles. The molecule has 30 heavy (non-hydrogen) atoms. The van der Waals surface area contributed by atoms with Gasteiger partial charge in [-0.1, -0.05) is 34.1 Å². The number of para-hydroxylation sites is 1. The summed E-state index contributed by atoms with van der Waals surface area (Å²) in [6.07, 6.45) is 0. The summed E-state index contributed by atoms with van der Waals surface area (Å²) in [4.78, 5) is 25.2. The van der Waals surface area contributed by atoms with Crippen LogP contribution in [0.15, 0.2) is 76.0 Å². The first-order valence-electron chi connectivity index (χ1n) is 8.95. The van der Waals surface area contributed by atoms with Crippen molar-refractivity contribution in [1.29, 1.82) is 0 Å². The largest absolute Gasteiger partial charge is 0.505 e. The Bertz CT molecular complexity index is 1280. The third-order valence-corrected chi connectivity index (χ3v) is 4.80. The van der Waals surface area contributed by atoms with E-state index >= 15 is 0 Å². The number of hydrogen-bond donors (Lipinski definition) is 2. The molecule has 4 aromatic rings. The molecule has 9 heteroatoms. The van der Waals surface area contributed by atoms with Crippen LogP contribution in [0.4, 0.5) is 5.82 Å². The SMILES string of the molecule is Cc1cc(NC(=O)c2nn(-c3ccc(Br)cc3)c(=O)cc2O)n(-c2ccccc2)n1. The molecule has 8 nitrogen and oxygen atoms in total. The summed E-state index contributed by atoms with van der Waals surface area (Å²) in [5.41, 5.74) is 1.08. The highest BCUT2D eigenvalue weighted by Gasteiger charge is 2.19. The normalized spacial score (nSPS) is 10.7. The van der Waals surface area contributed by atoms with E-state index in [0.29, 0.717) is 17.2 Å². The first kappa shape index (κ1) is 19.6. The van der Waals surface area contributed by atoms with Gasteiger partial charge in [-0.3, -0.25) is 9.59 Å². The Labute approximate surface area is 179 Å². The fourth-order valence-electron chi connectivity index (χ4n) is 2.91. The summed E-state index contributed by atoms with van der Waals surface area (Å²) in [6, 6.07) is 18.8. The molecule has 0 saturated heterocycles. The van der Waals surface area contributed by atoms with Crippen molar-refractivity contribution in [3.63, 3.8) is 0 Å². The lowest BCUT2D eigenvalue weighted by Crippen LogP contribution is -2.25. The molecule has 1 amide bonds. The van der Waals surface area contributed by atoms with Crippen LogP contribution >= 0.6 is 15.9 Å². The Balaban J connectivity index is 1.71. The lowest BCUT2D eigenvalue weighted by atomic mass is 10.3. The Morgan fingerprint density at radius 2 is 1.63 bits per heavy atom. The lowest BCUT2D eigenvalue weighted by molar-refractivity contribution is 0.101. The molecule has 0 aliphatic heterocycles. The highest BCUT2D eigenvalue weighted by Crippen LogP contribution is 2.20. The van der Waals surface area contributed by atoms with Gasteiger partial charge in [-0.2, -0.15) is 14.9 Å². The molecule has 2 aromatic heterocycles.